The second-order valence-electron chi connectivity index (χ2n) is 4.36. The molecule has 0 aromatic heterocycles. The SMILES string of the molecule is Cc1cc(Cl)c2c(c1)OCC([C@@H](C)N)C2. The number of halogens is 1. The molecule has 1 heterocycles. The maximum Gasteiger partial charge on any atom is 0.124 e. The van der Waals surface area contributed by atoms with Crippen LogP contribution in [0.15, 0.2) is 12.1 Å². The minimum absolute atomic E-state index is 0.149. The lowest BCUT2D eigenvalue weighted by Gasteiger charge is -2.28. The van der Waals surface area contributed by atoms with E-state index in [2.05, 4.69) is 0 Å². The van der Waals surface area contributed by atoms with Crippen LogP contribution in [0.1, 0.15) is 18.1 Å². The van der Waals surface area contributed by atoms with E-state index in [1.54, 1.807) is 0 Å². The van der Waals surface area contributed by atoms with Crippen LogP contribution in [0.5, 0.6) is 5.75 Å². The molecule has 0 saturated heterocycles. The van der Waals surface area contributed by atoms with Crippen LogP contribution in [0.2, 0.25) is 5.02 Å². The zero-order valence-electron chi connectivity index (χ0n) is 9.09. The second-order valence-corrected chi connectivity index (χ2v) is 4.76. The fourth-order valence-corrected chi connectivity index (χ4v) is 2.27. The van der Waals surface area contributed by atoms with Crippen molar-refractivity contribution in [2.75, 3.05) is 6.61 Å². The maximum absolute atomic E-state index is 6.20. The van der Waals surface area contributed by atoms with Gasteiger partial charge in [0, 0.05) is 22.5 Å². The predicted octanol–water partition coefficient (Wildman–Crippen LogP) is 2.55. The highest BCUT2D eigenvalue weighted by molar-refractivity contribution is 6.31. The molecule has 0 amide bonds. The molecule has 15 heavy (non-hydrogen) atoms. The summed E-state index contributed by atoms with van der Waals surface area (Å²) < 4.78 is 5.69. The third-order valence-corrected chi connectivity index (χ3v) is 3.30. The van der Waals surface area contributed by atoms with Crippen LogP contribution in [0, 0.1) is 12.8 Å². The third-order valence-electron chi connectivity index (χ3n) is 2.96. The lowest BCUT2D eigenvalue weighted by Crippen LogP contribution is -2.35. The Morgan fingerprint density at radius 1 is 1.53 bits per heavy atom. The first kappa shape index (κ1) is 10.8. The van der Waals surface area contributed by atoms with E-state index in [4.69, 9.17) is 22.1 Å². The summed E-state index contributed by atoms with van der Waals surface area (Å²) >= 11 is 6.20. The van der Waals surface area contributed by atoms with Gasteiger partial charge in [0.05, 0.1) is 6.61 Å². The molecule has 2 nitrogen and oxygen atoms in total. The first-order chi connectivity index (χ1) is 7.08. The molecule has 0 spiro atoms. The molecule has 2 atom stereocenters. The van der Waals surface area contributed by atoms with Gasteiger partial charge in [0.25, 0.3) is 0 Å². The summed E-state index contributed by atoms with van der Waals surface area (Å²) in [6, 6.07) is 4.17. The van der Waals surface area contributed by atoms with Crippen molar-refractivity contribution >= 4 is 11.6 Å². The van der Waals surface area contributed by atoms with Crippen molar-refractivity contribution in [1.29, 1.82) is 0 Å². The molecule has 2 N–H and O–H groups in total. The summed E-state index contributed by atoms with van der Waals surface area (Å²) in [5.41, 5.74) is 8.13. The monoisotopic (exact) mass is 225 g/mol. The third kappa shape index (κ3) is 2.11. The Hall–Kier alpha value is -0.730. The van der Waals surface area contributed by atoms with Crippen LogP contribution < -0.4 is 10.5 Å². The molecular weight excluding hydrogens is 210 g/mol. The fraction of sp³-hybridized carbons (Fsp3) is 0.500. The lowest BCUT2D eigenvalue weighted by atomic mass is 9.91. The fourth-order valence-electron chi connectivity index (χ4n) is 1.92. The van der Waals surface area contributed by atoms with E-state index >= 15 is 0 Å². The molecule has 0 fully saturated rings. The second kappa shape index (κ2) is 4.03. The Morgan fingerprint density at radius 3 is 2.93 bits per heavy atom. The standard InChI is InChI=1S/C12H16ClNO/c1-7-3-11(13)10-5-9(8(2)14)6-15-12(10)4-7/h3-4,8-9H,5-6,14H2,1-2H3/t8-,9?/m1/s1. The largest absolute Gasteiger partial charge is 0.493 e. The summed E-state index contributed by atoms with van der Waals surface area (Å²) in [5, 5.41) is 0.801. The topological polar surface area (TPSA) is 35.2 Å². The van der Waals surface area contributed by atoms with Crippen molar-refractivity contribution < 1.29 is 4.74 Å². The van der Waals surface area contributed by atoms with Gasteiger partial charge in [-0.15, -0.1) is 0 Å². The molecular formula is C12H16ClNO. The van der Waals surface area contributed by atoms with Crippen LogP contribution in [-0.4, -0.2) is 12.6 Å². The summed E-state index contributed by atoms with van der Waals surface area (Å²) in [5.74, 6) is 1.30. The molecule has 3 heteroatoms. The molecule has 2 rings (SSSR count). The molecule has 0 aliphatic carbocycles. The number of rotatable bonds is 1. The zero-order valence-corrected chi connectivity index (χ0v) is 9.84. The van der Waals surface area contributed by atoms with Crippen LogP contribution in [0.4, 0.5) is 0 Å². The Bertz CT molecular complexity index is 376. The summed E-state index contributed by atoms with van der Waals surface area (Å²) in [4.78, 5) is 0. The molecule has 1 aliphatic heterocycles. The number of hydrogen-bond acceptors (Lipinski definition) is 2. The van der Waals surface area contributed by atoms with E-state index in [9.17, 15) is 0 Å². The van der Waals surface area contributed by atoms with E-state index < -0.39 is 0 Å². The Morgan fingerprint density at radius 2 is 2.27 bits per heavy atom. The number of ether oxygens (including phenoxy) is 1. The van der Waals surface area contributed by atoms with Gasteiger partial charge < -0.3 is 10.5 Å². The van der Waals surface area contributed by atoms with E-state index in [1.165, 1.54) is 0 Å². The highest BCUT2D eigenvalue weighted by Gasteiger charge is 2.24. The van der Waals surface area contributed by atoms with Crippen molar-refractivity contribution in [2.45, 2.75) is 26.3 Å². The smallest absolute Gasteiger partial charge is 0.124 e. The molecule has 1 aliphatic rings. The summed E-state index contributed by atoms with van der Waals surface area (Å²) in [6.45, 7) is 4.73. The van der Waals surface area contributed by atoms with E-state index in [0.717, 1.165) is 28.3 Å². The van der Waals surface area contributed by atoms with Crippen molar-refractivity contribution in [1.82, 2.24) is 0 Å². The zero-order chi connectivity index (χ0) is 11.0. The highest BCUT2D eigenvalue weighted by atomic mass is 35.5. The first-order valence-corrected chi connectivity index (χ1v) is 5.63. The number of aryl methyl sites for hydroxylation is 1. The first-order valence-electron chi connectivity index (χ1n) is 5.25. The van der Waals surface area contributed by atoms with E-state index in [-0.39, 0.29) is 6.04 Å². The van der Waals surface area contributed by atoms with Crippen LogP contribution in [-0.2, 0) is 6.42 Å². The molecule has 1 aromatic carbocycles. The van der Waals surface area contributed by atoms with Gasteiger partial charge >= 0.3 is 0 Å². The van der Waals surface area contributed by atoms with Gasteiger partial charge in [-0.3, -0.25) is 0 Å². The lowest BCUT2D eigenvalue weighted by molar-refractivity contribution is 0.204. The summed E-state index contributed by atoms with van der Waals surface area (Å²) in [7, 11) is 0. The maximum atomic E-state index is 6.20. The van der Waals surface area contributed by atoms with E-state index in [1.807, 2.05) is 26.0 Å². The molecule has 0 bridgehead atoms. The predicted molar refractivity (Wildman–Crippen MR) is 62.5 cm³/mol. The van der Waals surface area contributed by atoms with Gasteiger partial charge in [0.15, 0.2) is 0 Å². The van der Waals surface area contributed by atoms with Crippen molar-refractivity contribution in [3.63, 3.8) is 0 Å². The number of benzene rings is 1. The van der Waals surface area contributed by atoms with Crippen molar-refractivity contribution in [2.24, 2.45) is 11.7 Å². The molecule has 1 unspecified atom stereocenters. The number of fused-ring (bicyclic) bond motifs is 1. The van der Waals surface area contributed by atoms with Gasteiger partial charge in [0.2, 0.25) is 0 Å². The van der Waals surface area contributed by atoms with Gasteiger partial charge in [-0.2, -0.15) is 0 Å². The average Bonchev–Trinajstić information content (AvgIpc) is 2.16. The van der Waals surface area contributed by atoms with Gasteiger partial charge in [-0.1, -0.05) is 11.6 Å². The number of hydrogen-bond donors (Lipinski definition) is 1. The van der Waals surface area contributed by atoms with Crippen LogP contribution in [0.3, 0.4) is 0 Å². The normalized spacial score (nSPS) is 21.7. The quantitative estimate of drug-likeness (QED) is 0.797. The van der Waals surface area contributed by atoms with Crippen LogP contribution in [0.25, 0.3) is 0 Å². The molecule has 82 valence electrons. The van der Waals surface area contributed by atoms with Gasteiger partial charge in [0.1, 0.15) is 5.75 Å². The molecule has 0 radical (unpaired) electrons. The van der Waals surface area contributed by atoms with E-state index in [0.29, 0.717) is 12.5 Å². The van der Waals surface area contributed by atoms with Crippen molar-refractivity contribution in [3.8, 4) is 5.75 Å². The van der Waals surface area contributed by atoms with Gasteiger partial charge in [-0.25, -0.2) is 0 Å². The Balaban J connectivity index is 2.33. The Kier molecular flexibility index (Phi) is 2.89. The minimum atomic E-state index is 0.149. The minimum Gasteiger partial charge on any atom is -0.493 e. The Labute approximate surface area is 95.4 Å². The summed E-state index contributed by atoms with van der Waals surface area (Å²) in [6.07, 6.45) is 0.923. The number of nitrogens with two attached hydrogens (primary N) is 1. The highest BCUT2D eigenvalue weighted by Crippen LogP contribution is 2.34. The average molecular weight is 226 g/mol. The molecule has 1 aromatic rings. The van der Waals surface area contributed by atoms with Gasteiger partial charge in [-0.05, 0) is 38.0 Å². The molecule has 0 saturated carbocycles. The van der Waals surface area contributed by atoms with Crippen LogP contribution >= 0.6 is 11.6 Å². The van der Waals surface area contributed by atoms with Crippen molar-refractivity contribution in [3.05, 3.63) is 28.3 Å².